The average molecular weight is 327 g/mol. The molecule has 0 radical (unpaired) electrons. The van der Waals surface area contributed by atoms with E-state index in [1.54, 1.807) is 0 Å². The van der Waals surface area contributed by atoms with Gasteiger partial charge in [0.25, 0.3) is 0 Å². The first-order chi connectivity index (χ1) is 11.0. The van der Waals surface area contributed by atoms with Crippen LogP contribution in [0.15, 0.2) is 24.3 Å². The summed E-state index contributed by atoms with van der Waals surface area (Å²) in [5, 5.41) is 11.6. The fourth-order valence-electron chi connectivity index (χ4n) is 2.56. The van der Waals surface area contributed by atoms with Gasteiger partial charge in [0.15, 0.2) is 5.82 Å². The van der Waals surface area contributed by atoms with Gasteiger partial charge in [-0.25, -0.2) is 0 Å². The van der Waals surface area contributed by atoms with Gasteiger partial charge in [0, 0.05) is 13.1 Å². The Balaban J connectivity index is 1.85. The summed E-state index contributed by atoms with van der Waals surface area (Å²) in [6, 6.07) is 4.74. The molecule has 0 spiro atoms. The maximum absolute atomic E-state index is 12.6. The maximum atomic E-state index is 12.6. The van der Waals surface area contributed by atoms with Gasteiger partial charge in [0.2, 0.25) is 0 Å². The largest absolute Gasteiger partial charge is 0.416 e. The lowest BCUT2D eigenvalue weighted by molar-refractivity contribution is -0.137. The second kappa shape index (κ2) is 6.25. The van der Waals surface area contributed by atoms with Gasteiger partial charge >= 0.3 is 6.18 Å². The maximum Gasteiger partial charge on any atom is 0.416 e. The Bertz CT molecular complexity index is 649. The molecule has 23 heavy (non-hydrogen) atoms. The SMILES string of the molecule is CC(c1nnnn1-c1ccc(C(F)(F)F)cc1)N1CCOCC1. The molecule has 1 aromatic heterocycles. The van der Waals surface area contributed by atoms with E-state index < -0.39 is 11.7 Å². The molecule has 1 aliphatic rings. The van der Waals surface area contributed by atoms with Crippen molar-refractivity contribution in [2.75, 3.05) is 26.3 Å². The first-order valence-corrected chi connectivity index (χ1v) is 7.24. The number of nitrogens with zero attached hydrogens (tertiary/aromatic N) is 5. The molecule has 1 aromatic carbocycles. The molecule has 2 aromatic rings. The fourth-order valence-corrected chi connectivity index (χ4v) is 2.56. The highest BCUT2D eigenvalue weighted by Crippen LogP contribution is 2.30. The van der Waals surface area contributed by atoms with E-state index in [0.717, 1.165) is 25.2 Å². The Morgan fingerprint density at radius 3 is 2.39 bits per heavy atom. The number of hydrogen-bond acceptors (Lipinski definition) is 5. The van der Waals surface area contributed by atoms with Crippen LogP contribution in [0.5, 0.6) is 0 Å². The summed E-state index contributed by atoms with van der Waals surface area (Å²) < 4.78 is 44.7. The lowest BCUT2D eigenvalue weighted by Crippen LogP contribution is -2.38. The number of ether oxygens (including phenoxy) is 1. The Morgan fingerprint density at radius 1 is 1.13 bits per heavy atom. The molecule has 3 rings (SSSR count). The van der Waals surface area contributed by atoms with E-state index >= 15 is 0 Å². The first kappa shape index (κ1) is 15.9. The number of benzene rings is 1. The molecule has 1 atom stereocenters. The van der Waals surface area contributed by atoms with Gasteiger partial charge in [-0.2, -0.15) is 17.9 Å². The monoisotopic (exact) mass is 327 g/mol. The zero-order chi connectivity index (χ0) is 16.4. The molecule has 1 saturated heterocycles. The van der Waals surface area contributed by atoms with Gasteiger partial charge in [0.05, 0.1) is 30.5 Å². The van der Waals surface area contributed by atoms with Crippen LogP contribution in [0.25, 0.3) is 5.69 Å². The van der Waals surface area contributed by atoms with E-state index in [2.05, 4.69) is 20.4 Å². The van der Waals surface area contributed by atoms with E-state index in [-0.39, 0.29) is 6.04 Å². The van der Waals surface area contributed by atoms with Crippen molar-refractivity contribution in [2.45, 2.75) is 19.1 Å². The molecule has 2 heterocycles. The van der Waals surface area contributed by atoms with Gasteiger partial charge in [0.1, 0.15) is 0 Å². The minimum absolute atomic E-state index is 0.0591. The predicted octanol–water partition coefficient (Wildman–Crippen LogP) is 2.07. The van der Waals surface area contributed by atoms with Gasteiger partial charge < -0.3 is 4.74 Å². The lowest BCUT2D eigenvalue weighted by atomic mass is 10.2. The number of tetrazole rings is 1. The zero-order valence-corrected chi connectivity index (χ0v) is 12.5. The van der Waals surface area contributed by atoms with E-state index in [4.69, 9.17) is 4.74 Å². The number of rotatable bonds is 3. The molecule has 0 amide bonds. The molecule has 0 aliphatic carbocycles. The topological polar surface area (TPSA) is 56.1 Å². The highest BCUT2D eigenvalue weighted by atomic mass is 19.4. The summed E-state index contributed by atoms with van der Waals surface area (Å²) in [5.74, 6) is 0.589. The molecule has 1 unspecified atom stereocenters. The van der Waals surface area contributed by atoms with Crippen molar-refractivity contribution in [1.82, 2.24) is 25.1 Å². The average Bonchev–Trinajstić information content (AvgIpc) is 3.04. The standard InChI is InChI=1S/C14H16F3N5O/c1-10(21-6-8-23-9-7-21)13-18-19-20-22(13)12-4-2-11(3-5-12)14(15,16)17/h2-5,10H,6-9H2,1H3. The molecule has 124 valence electrons. The highest BCUT2D eigenvalue weighted by Gasteiger charge is 2.30. The van der Waals surface area contributed by atoms with Crippen molar-refractivity contribution in [1.29, 1.82) is 0 Å². The van der Waals surface area contributed by atoms with E-state index in [1.807, 2.05) is 6.92 Å². The molecule has 0 saturated carbocycles. The van der Waals surface area contributed by atoms with E-state index in [1.165, 1.54) is 16.8 Å². The van der Waals surface area contributed by atoms with Gasteiger partial charge in [-0.05, 0) is 41.6 Å². The van der Waals surface area contributed by atoms with Crippen molar-refractivity contribution in [3.8, 4) is 5.69 Å². The molecule has 0 bridgehead atoms. The summed E-state index contributed by atoms with van der Waals surface area (Å²) in [6.45, 7) is 4.79. The molecule has 9 heteroatoms. The van der Waals surface area contributed by atoms with Crippen LogP contribution in [0.4, 0.5) is 13.2 Å². The first-order valence-electron chi connectivity index (χ1n) is 7.24. The second-order valence-electron chi connectivity index (χ2n) is 5.32. The number of morpholine rings is 1. The van der Waals surface area contributed by atoms with E-state index in [0.29, 0.717) is 24.7 Å². The van der Waals surface area contributed by atoms with Crippen LogP contribution in [-0.2, 0) is 10.9 Å². The lowest BCUT2D eigenvalue weighted by Gasteiger charge is -2.31. The van der Waals surface area contributed by atoms with Gasteiger partial charge in [-0.15, -0.1) is 5.10 Å². The van der Waals surface area contributed by atoms with Crippen LogP contribution in [0.3, 0.4) is 0 Å². The third kappa shape index (κ3) is 3.35. The Hall–Kier alpha value is -2.00. The summed E-state index contributed by atoms with van der Waals surface area (Å²) in [7, 11) is 0. The Labute approximate surface area is 130 Å². The van der Waals surface area contributed by atoms with Crippen LogP contribution in [0.2, 0.25) is 0 Å². The summed E-state index contributed by atoms with van der Waals surface area (Å²) in [4.78, 5) is 2.18. The van der Waals surface area contributed by atoms with Crippen molar-refractivity contribution in [3.63, 3.8) is 0 Å². The summed E-state index contributed by atoms with van der Waals surface area (Å²) >= 11 is 0. The molecule has 1 fully saturated rings. The third-order valence-corrected chi connectivity index (χ3v) is 3.90. The number of aromatic nitrogens is 4. The van der Waals surface area contributed by atoms with Crippen LogP contribution in [0.1, 0.15) is 24.4 Å². The van der Waals surface area contributed by atoms with Crippen molar-refractivity contribution in [2.24, 2.45) is 0 Å². The van der Waals surface area contributed by atoms with Crippen molar-refractivity contribution in [3.05, 3.63) is 35.7 Å². The van der Waals surface area contributed by atoms with Crippen molar-refractivity contribution < 1.29 is 17.9 Å². The third-order valence-electron chi connectivity index (χ3n) is 3.90. The second-order valence-corrected chi connectivity index (χ2v) is 5.32. The molecule has 6 nitrogen and oxygen atoms in total. The summed E-state index contributed by atoms with van der Waals surface area (Å²) in [5.41, 5.74) is -0.199. The van der Waals surface area contributed by atoms with Gasteiger partial charge in [-0.1, -0.05) is 0 Å². The van der Waals surface area contributed by atoms with Crippen LogP contribution < -0.4 is 0 Å². The minimum atomic E-state index is -4.36. The minimum Gasteiger partial charge on any atom is -0.379 e. The van der Waals surface area contributed by atoms with Crippen molar-refractivity contribution >= 4 is 0 Å². The van der Waals surface area contributed by atoms with Gasteiger partial charge in [-0.3, -0.25) is 4.90 Å². The predicted molar refractivity (Wildman–Crippen MR) is 75.0 cm³/mol. The molecule has 1 aliphatic heterocycles. The molecular weight excluding hydrogens is 311 g/mol. The smallest absolute Gasteiger partial charge is 0.379 e. The molecular formula is C14H16F3N5O. The van der Waals surface area contributed by atoms with Crippen LogP contribution >= 0.6 is 0 Å². The number of hydrogen-bond donors (Lipinski definition) is 0. The van der Waals surface area contributed by atoms with E-state index in [9.17, 15) is 13.2 Å². The normalized spacial score (nSPS) is 18.1. The quantitative estimate of drug-likeness (QED) is 0.864. The van der Waals surface area contributed by atoms with Crippen LogP contribution in [0, 0.1) is 0 Å². The molecule has 0 N–H and O–H groups in total. The Morgan fingerprint density at radius 2 is 1.78 bits per heavy atom. The van der Waals surface area contributed by atoms with Crippen LogP contribution in [-0.4, -0.2) is 51.4 Å². The number of halogens is 3. The summed E-state index contributed by atoms with van der Waals surface area (Å²) in [6.07, 6.45) is -4.36. The number of alkyl halides is 3. The highest BCUT2D eigenvalue weighted by molar-refractivity contribution is 5.35. The Kier molecular flexibility index (Phi) is 4.31. The zero-order valence-electron chi connectivity index (χ0n) is 12.5. The fraction of sp³-hybridized carbons (Fsp3) is 0.500.